The summed E-state index contributed by atoms with van der Waals surface area (Å²) in [7, 11) is 0. The van der Waals surface area contributed by atoms with Crippen LogP contribution in [-0.4, -0.2) is 35.8 Å². The van der Waals surface area contributed by atoms with Crippen LogP contribution < -0.4 is 4.90 Å². The van der Waals surface area contributed by atoms with Crippen LogP contribution in [0.15, 0.2) is 77.9 Å². The monoisotopic (exact) mass is 412 g/mol. The quantitative estimate of drug-likeness (QED) is 0.692. The minimum Gasteiger partial charge on any atom is -0.325 e. The lowest BCUT2D eigenvalue weighted by molar-refractivity contribution is -0.921. The third kappa shape index (κ3) is 4.13. The SMILES string of the molecule is C[C@@H]1CCCC[NH+]1CC(=O)N1N=C(c2ccc3ccccc3c2)C[C@H]1c1ccccc1. The summed E-state index contributed by atoms with van der Waals surface area (Å²) in [5.41, 5.74) is 3.25. The fourth-order valence-corrected chi connectivity index (χ4v) is 5.01. The fourth-order valence-electron chi connectivity index (χ4n) is 5.01. The highest BCUT2D eigenvalue weighted by Gasteiger charge is 2.35. The molecule has 3 aromatic rings. The lowest BCUT2D eigenvalue weighted by Crippen LogP contribution is -3.17. The zero-order valence-corrected chi connectivity index (χ0v) is 18.1. The Bertz CT molecular complexity index is 1110. The molecule has 0 saturated carbocycles. The van der Waals surface area contributed by atoms with Crippen molar-refractivity contribution in [3.8, 4) is 0 Å². The number of hydrogen-bond acceptors (Lipinski definition) is 2. The number of carbonyl (C=O) groups excluding carboxylic acids is 1. The van der Waals surface area contributed by atoms with Gasteiger partial charge < -0.3 is 4.90 Å². The first-order valence-electron chi connectivity index (χ1n) is 11.5. The Hall–Kier alpha value is -2.98. The number of fused-ring (bicyclic) bond motifs is 1. The molecule has 0 bridgehead atoms. The number of hydrogen-bond donors (Lipinski definition) is 1. The van der Waals surface area contributed by atoms with Crippen LogP contribution in [0.4, 0.5) is 0 Å². The van der Waals surface area contributed by atoms with Gasteiger partial charge in [-0.15, -0.1) is 0 Å². The number of likely N-dealkylation sites (tertiary alicyclic amines) is 1. The van der Waals surface area contributed by atoms with E-state index in [2.05, 4.69) is 61.5 Å². The van der Waals surface area contributed by atoms with Crippen molar-refractivity contribution in [2.24, 2.45) is 5.10 Å². The molecule has 5 rings (SSSR count). The first kappa shape index (κ1) is 20.0. The summed E-state index contributed by atoms with van der Waals surface area (Å²) in [4.78, 5) is 14.8. The Morgan fingerprint density at radius 3 is 2.58 bits per heavy atom. The van der Waals surface area contributed by atoms with Gasteiger partial charge in [-0.25, -0.2) is 5.01 Å². The van der Waals surface area contributed by atoms with Gasteiger partial charge in [0, 0.05) is 6.42 Å². The molecule has 0 spiro atoms. The third-order valence-corrected chi connectivity index (χ3v) is 6.89. The molecule has 1 saturated heterocycles. The van der Waals surface area contributed by atoms with Crippen molar-refractivity contribution in [3.63, 3.8) is 0 Å². The molecule has 3 aromatic carbocycles. The molecule has 1 fully saturated rings. The molecule has 1 unspecified atom stereocenters. The molecule has 2 aliphatic heterocycles. The number of benzene rings is 3. The predicted octanol–water partition coefficient (Wildman–Crippen LogP) is 3.97. The minimum absolute atomic E-state index is 0.0327. The van der Waals surface area contributed by atoms with Crippen LogP contribution >= 0.6 is 0 Å². The zero-order valence-electron chi connectivity index (χ0n) is 18.1. The van der Waals surface area contributed by atoms with Gasteiger partial charge in [-0.3, -0.25) is 4.79 Å². The van der Waals surface area contributed by atoms with E-state index in [1.54, 1.807) is 5.01 Å². The molecule has 3 atom stereocenters. The number of hydrazone groups is 1. The maximum atomic E-state index is 13.4. The minimum atomic E-state index is -0.0327. The summed E-state index contributed by atoms with van der Waals surface area (Å²) >= 11 is 0. The Kier molecular flexibility index (Phi) is 5.56. The normalized spacial score (nSPS) is 23.7. The van der Waals surface area contributed by atoms with E-state index in [0.717, 1.165) is 29.8 Å². The van der Waals surface area contributed by atoms with E-state index >= 15 is 0 Å². The van der Waals surface area contributed by atoms with Gasteiger partial charge >= 0.3 is 0 Å². The fraction of sp³-hybridized carbons (Fsp3) is 0.333. The van der Waals surface area contributed by atoms with Gasteiger partial charge in [0.1, 0.15) is 0 Å². The molecule has 31 heavy (non-hydrogen) atoms. The van der Waals surface area contributed by atoms with Gasteiger partial charge in [0.05, 0.1) is 24.3 Å². The summed E-state index contributed by atoms with van der Waals surface area (Å²) in [6.45, 7) is 3.88. The summed E-state index contributed by atoms with van der Waals surface area (Å²) < 4.78 is 0. The molecular weight excluding hydrogens is 382 g/mol. The first-order chi connectivity index (χ1) is 15.2. The van der Waals surface area contributed by atoms with E-state index in [1.807, 2.05) is 18.2 Å². The predicted molar refractivity (Wildman–Crippen MR) is 125 cm³/mol. The second-order valence-electron chi connectivity index (χ2n) is 8.96. The van der Waals surface area contributed by atoms with Crippen LogP contribution in [-0.2, 0) is 4.79 Å². The average Bonchev–Trinajstić information content (AvgIpc) is 3.27. The number of carbonyl (C=O) groups is 1. The second-order valence-corrected chi connectivity index (χ2v) is 8.96. The third-order valence-electron chi connectivity index (χ3n) is 6.89. The molecule has 1 N–H and O–H groups in total. The number of rotatable bonds is 4. The number of quaternary nitrogens is 1. The van der Waals surface area contributed by atoms with Crippen molar-refractivity contribution in [1.29, 1.82) is 0 Å². The standard InChI is InChI=1S/C27H29N3O/c1-20-9-7-8-16-29(20)19-27(31)30-26(22-11-3-2-4-12-22)18-25(28-30)24-15-14-21-10-5-6-13-23(21)17-24/h2-6,10-15,17,20,26H,7-9,16,18-19H2,1H3/p+1/t20-,26+/m1/s1. The van der Waals surface area contributed by atoms with E-state index in [9.17, 15) is 4.79 Å². The van der Waals surface area contributed by atoms with E-state index in [4.69, 9.17) is 5.10 Å². The molecule has 4 heteroatoms. The van der Waals surface area contributed by atoms with Crippen LogP contribution in [0.5, 0.6) is 0 Å². The molecule has 2 heterocycles. The smallest absolute Gasteiger partial charge is 0.298 e. The van der Waals surface area contributed by atoms with Gasteiger partial charge in [0.2, 0.25) is 0 Å². The van der Waals surface area contributed by atoms with Crippen LogP contribution in [0.2, 0.25) is 0 Å². The van der Waals surface area contributed by atoms with Crippen molar-refractivity contribution >= 4 is 22.4 Å². The Labute approximate surface area is 184 Å². The Morgan fingerprint density at radius 1 is 1.00 bits per heavy atom. The zero-order chi connectivity index (χ0) is 21.2. The van der Waals surface area contributed by atoms with Crippen LogP contribution in [0.3, 0.4) is 0 Å². The number of amides is 1. The van der Waals surface area contributed by atoms with Gasteiger partial charge in [-0.2, -0.15) is 5.10 Å². The summed E-state index contributed by atoms with van der Waals surface area (Å²) in [6, 6.07) is 25.7. The average molecular weight is 413 g/mol. The molecule has 2 aliphatic rings. The number of nitrogens with one attached hydrogen (secondary N) is 1. The van der Waals surface area contributed by atoms with E-state index in [-0.39, 0.29) is 11.9 Å². The van der Waals surface area contributed by atoms with Crippen molar-refractivity contribution in [3.05, 3.63) is 83.9 Å². The summed E-state index contributed by atoms with van der Waals surface area (Å²) in [6.07, 6.45) is 4.44. The lowest BCUT2D eigenvalue weighted by Gasteiger charge is -2.31. The van der Waals surface area contributed by atoms with Crippen LogP contribution in [0.25, 0.3) is 10.8 Å². The summed E-state index contributed by atoms with van der Waals surface area (Å²) in [5.74, 6) is 0.133. The topological polar surface area (TPSA) is 37.1 Å². The Balaban J connectivity index is 1.45. The van der Waals surface area contributed by atoms with Crippen molar-refractivity contribution in [2.45, 2.75) is 44.7 Å². The highest BCUT2D eigenvalue weighted by Crippen LogP contribution is 2.33. The van der Waals surface area contributed by atoms with Crippen LogP contribution in [0, 0.1) is 0 Å². The van der Waals surface area contributed by atoms with E-state index in [0.29, 0.717) is 12.6 Å². The van der Waals surface area contributed by atoms with Gasteiger partial charge in [-0.1, -0.05) is 66.7 Å². The molecule has 0 radical (unpaired) electrons. The molecule has 0 aromatic heterocycles. The van der Waals surface area contributed by atoms with Crippen molar-refractivity contribution in [2.75, 3.05) is 13.1 Å². The van der Waals surface area contributed by atoms with E-state index in [1.165, 1.54) is 34.9 Å². The first-order valence-corrected chi connectivity index (χ1v) is 11.5. The van der Waals surface area contributed by atoms with Crippen molar-refractivity contribution < 1.29 is 9.69 Å². The molecular formula is C27H30N3O+. The highest BCUT2D eigenvalue weighted by molar-refractivity contribution is 6.05. The van der Waals surface area contributed by atoms with Gasteiger partial charge in [0.15, 0.2) is 6.54 Å². The highest BCUT2D eigenvalue weighted by atomic mass is 16.2. The van der Waals surface area contributed by atoms with Gasteiger partial charge in [0.25, 0.3) is 5.91 Å². The second kappa shape index (κ2) is 8.64. The maximum absolute atomic E-state index is 13.4. The largest absolute Gasteiger partial charge is 0.325 e. The molecule has 1 amide bonds. The molecule has 0 aliphatic carbocycles. The summed E-state index contributed by atoms with van der Waals surface area (Å²) in [5, 5.41) is 9.10. The van der Waals surface area contributed by atoms with Crippen LogP contribution in [0.1, 0.15) is 49.8 Å². The maximum Gasteiger partial charge on any atom is 0.298 e. The number of nitrogens with zero attached hydrogens (tertiary/aromatic N) is 2. The molecule has 4 nitrogen and oxygen atoms in total. The molecule has 158 valence electrons. The van der Waals surface area contributed by atoms with Crippen molar-refractivity contribution in [1.82, 2.24) is 5.01 Å². The van der Waals surface area contributed by atoms with E-state index < -0.39 is 0 Å². The number of piperidine rings is 1. The lowest BCUT2D eigenvalue weighted by atomic mass is 9.97. The van der Waals surface area contributed by atoms with Gasteiger partial charge in [-0.05, 0) is 54.2 Å². The Morgan fingerprint density at radius 2 is 1.77 bits per heavy atom.